The van der Waals surface area contributed by atoms with Crippen LogP contribution in [-0.2, 0) is 11.3 Å². The molecule has 4 heteroatoms. The molecule has 17 heavy (non-hydrogen) atoms. The quantitative estimate of drug-likeness (QED) is 0.844. The van der Waals surface area contributed by atoms with E-state index in [2.05, 4.69) is 0 Å². The molecule has 1 saturated heterocycles. The molecule has 2 N–H and O–H groups in total. The summed E-state index contributed by atoms with van der Waals surface area (Å²) in [4.78, 5) is 0. The molecule has 0 aromatic heterocycles. The third kappa shape index (κ3) is 3.11. The van der Waals surface area contributed by atoms with E-state index in [0.29, 0.717) is 19.1 Å². The summed E-state index contributed by atoms with van der Waals surface area (Å²) in [5.41, 5.74) is 6.66. The maximum absolute atomic E-state index is 5.79. The average molecular weight is 237 g/mol. The topological polar surface area (TPSA) is 53.7 Å². The minimum absolute atomic E-state index is 0.487. The van der Waals surface area contributed by atoms with E-state index >= 15 is 0 Å². The van der Waals surface area contributed by atoms with Gasteiger partial charge in [0.25, 0.3) is 0 Å². The van der Waals surface area contributed by atoms with Crippen molar-refractivity contribution in [3.8, 4) is 11.5 Å². The molecule has 1 aliphatic rings. The molecule has 1 unspecified atom stereocenters. The first kappa shape index (κ1) is 12.2. The predicted molar refractivity (Wildman–Crippen MR) is 65.3 cm³/mol. The highest BCUT2D eigenvalue weighted by Crippen LogP contribution is 2.29. The summed E-state index contributed by atoms with van der Waals surface area (Å²) >= 11 is 0. The Balaban J connectivity index is 2.01. The van der Waals surface area contributed by atoms with Gasteiger partial charge < -0.3 is 19.9 Å². The lowest BCUT2D eigenvalue weighted by Crippen LogP contribution is -2.12. The lowest BCUT2D eigenvalue weighted by Gasteiger charge is -2.14. The van der Waals surface area contributed by atoms with Crippen LogP contribution in [0.3, 0.4) is 0 Å². The Kier molecular flexibility index (Phi) is 4.23. The Labute approximate surface area is 102 Å². The highest BCUT2D eigenvalue weighted by molar-refractivity contribution is 5.42. The molecule has 4 nitrogen and oxygen atoms in total. The molecule has 0 aliphatic carbocycles. The number of methoxy groups -OCH3 is 1. The van der Waals surface area contributed by atoms with Crippen molar-refractivity contribution in [2.24, 2.45) is 11.7 Å². The van der Waals surface area contributed by atoms with Gasteiger partial charge in [0.15, 0.2) is 11.5 Å². The summed E-state index contributed by atoms with van der Waals surface area (Å²) in [6.45, 7) is 2.81. The lowest BCUT2D eigenvalue weighted by atomic mass is 10.1. The Bertz CT molecular complexity index is 362. The van der Waals surface area contributed by atoms with Gasteiger partial charge in [0, 0.05) is 19.1 Å². The molecule has 2 rings (SSSR count). The third-order valence-electron chi connectivity index (χ3n) is 2.96. The Morgan fingerprint density at radius 2 is 2.29 bits per heavy atom. The summed E-state index contributed by atoms with van der Waals surface area (Å²) in [6.07, 6.45) is 1.07. The number of benzene rings is 1. The molecule has 1 aromatic carbocycles. The molecule has 0 spiro atoms. The van der Waals surface area contributed by atoms with Crippen LogP contribution in [0.4, 0.5) is 0 Å². The second-order valence-electron chi connectivity index (χ2n) is 4.23. The molecular weight excluding hydrogens is 218 g/mol. The summed E-state index contributed by atoms with van der Waals surface area (Å²) in [6, 6.07) is 5.78. The maximum atomic E-state index is 5.79. The number of hydrogen-bond acceptors (Lipinski definition) is 4. The second-order valence-corrected chi connectivity index (χ2v) is 4.23. The molecule has 1 aliphatic heterocycles. The molecule has 1 fully saturated rings. The molecule has 94 valence electrons. The van der Waals surface area contributed by atoms with Crippen LogP contribution in [0.25, 0.3) is 0 Å². The van der Waals surface area contributed by atoms with E-state index in [-0.39, 0.29) is 0 Å². The van der Waals surface area contributed by atoms with Gasteiger partial charge in [-0.15, -0.1) is 0 Å². The molecule has 0 bridgehead atoms. The first-order valence-electron chi connectivity index (χ1n) is 5.91. The fourth-order valence-corrected chi connectivity index (χ4v) is 1.88. The van der Waals surface area contributed by atoms with Crippen LogP contribution in [-0.4, -0.2) is 26.9 Å². The van der Waals surface area contributed by atoms with Gasteiger partial charge in [-0.05, 0) is 24.1 Å². The van der Waals surface area contributed by atoms with Crippen molar-refractivity contribution in [3.05, 3.63) is 23.8 Å². The fraction of sp³-hybridized carbons (Fsp3) is 0.538. The highest BCUT2D eigenvalue weighted by Gasteiger charge is 2.17. The van der Waals surface area contributed by atoms with Crippen LogP contribution < -0.4 is 15.2 Å². The molecule has 0 saturated carbocycles. The van der Waals surface area contributed by atoms with E-state index in [4.69, 9.17) is 19.9 Å². The number of ether oxygens (including phenoxy) is 3. The summed E-state index contributed by atoms with van der Waals surface area (Å²) in [5.74, 6) is 2.00. The lowest BCUT2D eigenvalue weighted by molar-refractivity contribution is 0.165. The number of nitrogens with two attached hydrogens (primary N) is 1. The molecular formula is C13H19NO3. The zero-order valence-electron chi connectivity index (χ0n) is 10.1. The van der Waals surface area contributed by atoms with Crippen LogP contribution >= 0.6 is 0 Å². The van der Waals surface area contributed by atoms with Crippen molar-refractivity contribution in [1.29, 1.82) is 0 Å². The van der Waals surface area contributed by atoms with Gasteiger partial charge in [0.2, 0.25) is 0 Å². The van der Waals surface area contributed by atoms with Crippen LogP contribution in [0.1, 0.15) is 12.0 Å². The van der Waals surface area contributed by atoms with Crippen LogP contribution in [0.5, 0.6) is 11.5 Å². The van der Waals surface area contributed by atoms with Crippen LogP contribution in [0, 0.1) is 5.92 Å². The maximum Gasteiger partial charge on any atom is 0.161 e. The Morgan fingerprint density at radius 1 is 1.41 bits per heavy atom. The number of hydrogen-bond donors (Lipinski definition) is 1. The highest BCUT2D eigenvalue weighted by atomic mass is 16.5. The van der Waals surface area contributed by atoms with Crippen molar-refractivity contribution >= 4 is 0 Å². The molecule has 1 aromatic rings. The van der Waals surface area contributed by atoms with Gasteiger partial charge in [-0.25, -0.2) is 0 Å². The van der Waals surface area contributed by atoms with Gasteiger partial charge in [-0.3, -0.25) is 0 Å². The number of rotatable bonds is 5. The summed E-state index contributed by atoms with van der Waals surface area (Å²) < 4.78 is 16.4. The molecule has 0 amide bonds. The predicted octanol–water partition coefficient (Wildman–Crippen LogP) is 1.57. The van der Waals surface area contributed by atoms with E-state index in [1.807, 2.05) is 18.2 Å². The minimum Gasteiger partial charge on any atom is -0.493 e. The summed E-state index contributed by atoms with van der Waals surface area (Å²) in [7, 11) is 1.64. The Morgan fingerprint density at radius 3 is 2.94 bits per heavy atom. The second kappa shape index (κ2) is 5.89. The third-order valence-corrected chi connectivity index (χ3v) is 2.96. The van der Waals surface area contributed by atoms with E-state index in [1.165, 1.54) is 0 Å². The normalized spacial score (nSPS) is 19.3. The van der Waals surface area contributed by atoms with E-state index in [9.17, 15) is 0 Å². The van der Waals surface area contributed by atoms with Crippen LogP contribution in [0.2, 0.25) is 0 Å². The standard InChI is InChI=1S/C13H19NO3/c1-15-12-3-2-10(7-14)6-13(12)17-9-11-4-5-16-8-11/h2-3,6,11H,4-5,7-9,14H2,1H3. The van der Waals surface area contributed by atoms with Crippen molar-refractivity contribution in [3.63, 3.8) is 0 Å². The van der Waals surface area contributed by atoms with Gasteiger partial charge in [0.05, 0.1) is 20.3 Å². The van der Waals surface area contributed by atoms with E-state index < -0.39 is 0 Å². The van der Waals surface area contributed by atoms with Crippen molar-refractivity contribution in [2.75, 3.05) is 26.9 Å². The first-order valence-corrected chi connectivity index (χ1v) is 5.91. The fourth-order valence-electron chi connectivity index (χ4n) is 1.88. The van der Waals surface area contributed by atoms with Gasteiger partial charge >= 0.3 is 0 Å². The van der Waals surface area contributed by atoms with Gasteiger partial charge in [-0.2, -0.15) is 0 Å². The van der Waals surface area contributed by atoms with Crippen molar-refractivity contribution in [1.82, 2.24) is 0 Å². The zero-order chi connectivity index (χ0) is 12.1. The monoisotopic (exact) mass is 237 g/mol. The summed E-state index contributed by atoms with van der Waals surface area (Å²) in [5, 5.41) is 0. The van der Waals surface area contributed by atoms with Crippen LogP contribution in [0.15, 0.2) is 18.2 Å². The van der Waals surface area contributed by atoms with Crippen molar-refractivity contribution in [2.45, 2.75) is 13.0 Å². The molecule has 1 atom stereocenters. The first-order chi connectivity index (χ1) is 8.33. The largest absolute Gasteiger partial charge is 0.493 e. The van der Waals surface area contributed by atoms with E-state index in [1.54, 1.807) is 7.11 Å². The zero-order valence-corrected chi connectivity index (χ0v) is 10.1. The van der Waals surface area contributed by atoms with Gasteiger partial charge in [0.1, 0.15) is 0 Å². The SMILES string of the molecule is COc1ccc(CN)cc1OCC1CCOC1. The Hall–Kier alpha value is -1.26. The minimum atomic E-state index is 0.487. The van der Waals surface area contributed by atoms with E-state index in [0.717, 1.165) is 36.7 Å². The van der Waals surface area contributed by atoms with Crippen molar-refractivity contribution < 1.29 is 14.2 Å². The average Bonchev–Trinajstić information content (AvgIpc) is 2.89. The molecule has 1 heterocycles. The smallest absolute Gasteiger partial charge is 0.161 e. The molecule has 0 radical (unpaired) electrons. The van der Waals surface area contributed by atoms with Gasteiger partial charge in [-0.1, -0.05) is 6.07 Å².